The number of hydrogen-bond donors (Lipinski definition) is 0. The molecule has 0 unspecified atom stereocenters. The van der Waals surface area contributed by atoms with Gasteiger partial charge in [0.15, 0.2) is 11.5 Å². The van der Waals surface area contributed by atoms with Crippen LogP contribution in [-0.4, -0.2) is 17.6 Å². The van der Waals surface area contributed by atoms with Gasteiger partial charge in [0.25, 0.3) is 6.43 Å². The van der Waals surface area contributed by atoms with Gasteiger partial charge in [0.2, 0.25) is 0 Å². The highest BCUT2D eigenvalue weighted by atomic mass is 19.3. The first-order chi connectivity index (χ1) is 7.47. The van der Waals surface area contributed by atoms with Gasteiger partial charge in [-0.2, -0.15) is 0 Å². The van der Waals surface area contributed by atoms with Crippen LogP contribution in [0.5, 0.6) is 0 Å². The number of nitrogens with zero attached hydrogens (tertiary/aromatic N) is 1. The molecule has 88 valence electrons. The summed E-state index contributed by atoms with van der Waals surface area (Å²) in [6.07, 6.45) is -2.85. The zero-order valence-electron chi connectivity index (χ0n) is 8.76. The number of pyridine rings is 1. The Morgan fingerprint density at radius 3 is 2.69 bits per heavy atom. The lowest BCUT2D eigenvalue weighted by Gasteiger charge is -2.07. The lowest BCUT2D eigenvalue weighted by molar-refractivity contribution is 0.0511. The number of alkyl halides is 2. The van der Waals surface area contributed by atoms with Gasteiger partial charge in [0.1, 0.15) is 5.69 Å². The maximum Gasteiger partial charge on any atom is 0.360 e. The van der Waals surface area contributed by atoms with Crippen molar-refractivity contribution in [2.45, 2.75) is 20.3 Å². The summed E-state index contributed by atoms with van der Waals surface area (Å²) in [4.78, 5) is 14.5. The van der Waals surface area contributed by atoms with Crippen molar-refractivity contribution < 1.29 is 22.7 Å². The maximum atomic E-state index is 13.3. The number of aromatic nitrogens is 1. The predicted octanol–water partition coefficient (Wildman–Crippen LogP) is 2.64. The fourth-order valence-corrected chi connectivity index (χ4v) is 1.16. The fourth-order valence-electron chi connectivity index (χ4n) is 1.16. The minimum Gasteiger partial charge on any atom is -0.461 e. The van der Waals surface area contributed by atoms with E-state index in [-0.39, 0.29) is 12.2 Å². The first kappa shape index (κ1) is 12.5. The van der Waals surface area contributed by atoms with E-state index in [0.717, 1.165) is 6.07 Å². The second-order valence-electron chi connectivity index (χ2n) is 3.04. The van der Waals surface area contributed by atoms with Crippen molar-refractivity contribution in [1.82, 2.24) is 4.98 Å². The molecule has 0 amide bonds. The molecule has 0 N–H and O–H groups in total. The lowest BCUT2D eigenvalue weighted by Crippen LogP contribution is -2.12. The van der Waals surface area contributed by atoms with E-state index in [4.69, 9.17) is 0 Å². The van der Waals surface area contributed by atoms with Gasteiger partial charge in [-0.25, -0.2) is 22.9 Å². The van der Waals surface area contributed by atoms with E-state index in [1.165, 1.54) is 13.8 Å². The van der Waals surface area contributed by atoms with Crippen LogP contribution >= 0.6 is 0 Å². The van der Waals surface area contributed by atoms with Crippen LogP contribution in [0.25, 0.3) is 0 Å². The maximum absolute atomic E-state index is 13.3. The zero-order chi connectivity index (χ0) is 12.3. The molecule has 0 saturated heterocycles. The highest BCUT2D eigenvalue weighted by Gasteiger charge is 2.21. The second kappa shape index (κ2) is 4.96. The summed E-state index contributed by atoms with van der Waals surface area (Å²) in [6.45, 7) is 2.85. The van der Waals surface area contributed by atoms with Crippen molar-refractivity contribution >= 4 is 5.97 Å². The Labute approximate surface area is 90.2 Å². The quantitative estimate of drug-likeness (QED) is 0.753. The van der Waals surface area contributed by atoms with Gasteiger partial charge in [-0.15, -0.1) is 0 Å². The van der Waals surface area contributed by atoms with Gasteiger partial charge in [-0.1, -0.05) is 0 Å². The zero-order valence-corrected chi connectivity index (χ0v) is 8.76. The van der Waals surface area contributed by atoms with Gasteiger partial charge >= 0.3 is 5.97 Å². The number of carbonyl (C=O) groups excluding carboxylic acids is 1. The molecule has 3 nitrogen and oxygen atoms in total. The third-order valence-corrected chi connectivity index (χ3v) is 1.88. The minimum atomic E-state index is -2.85. The molecule has 1 aromatic rings. The summed E-state index contributed by atoms with van der Waals surface area (Å²) >= 11 is 0. The Balaban J connectivity index is 3.19. The number of rotatable bonds is 3. The van der Waals surface area contributed by atoms with Crippen molar-refractivity contribution in [1.29, 1.82) is 0 Å². The number of halogens is 3. The van der Waals surface area contributed by atoms with Crippen molar-refractivity contribution in [2.75, 3.05) is 6.61 Å². The SMILES string of the molecule is CCOC(=O)c1nc(C(F)F)c(C)cc1F. The molecule has 0 aliphatic heterocycles. The van der Waals surface area contributed by atoms with E-state index < -0.39 is 29.6 Å². The van der Waals surface area contributed by atoms with E-state index in [0.29, 0.717) is 0 Å². The summed E-state index contributed by atoms with van der Waals surface area (Å²) in [5.41, 5.74) is -1.31. The van der Waals surface area contributed by atoms with E-state index in [1.807, 2.05) is 0 Å². The topological polar surface area (TPSA) is 39.2 Å². The Hall–Kier alpha value is -1.59. The Bertz CT molecular complexity index is 407. The number of hydrogen-bond acceptors (Lipinski definition) is 3. The van der Waals surface area contributed by atoms with Crippen LogP contribution in [-0.2, 0) is 4.74 Å². The van der Waals surface area contributed by atoms with Crippen LogP contribution in [0.1, 0.15) is 35.1 Å². The smallest absolute Gasteiger partial charge is 0.360 e. The minimum absolute atomic E-state index is 0.000508. The standard InChI is InChI=1S/C10H10F3NO2/c1-3-16-10(15)8-6(11)4-5(2)7(14-8)9(12)13/h4,9H,3H2,1-2H3. The molecule has 0 aliphatic rings. The molecule has 0 spiro atoms. The Morgan fingerprint density at radius 2 is 2.19 bits per heavy atom. The first-order valence-electron chi connectivity index (χ1n) is 4.59. The lowest BCUT2D eigenvalue weighted by atomic mass is 10.2. The monoisotopic (exact) mass is 233 g/mol. The first-order valence-corrected chi connectivity index (χ1v) is 4.59. The summed E-state index contributed by atoms with van der Waals surface area (Å²) in [6, 6.07) is 0.848. The highest BCUT2D eigenvalue weighted by molar-refractivity contribution is 5.87. The highest BCUT2D eigenvalue weighted by Crippen LogP contribution is 2.22. The molecule has 0 aliphatic carbocycles. The number of ether oxygens (including phenoxy) is 1. The summed E-state index contributed by atoms with van der Waals surface area (Å²) in [5, 5.41) is 0. The largest absolute Gasteiger partial charge is 0.461 e. The fraction of sp³-hybridized carbons (Fsp3) is 0.400. The molecule has 1 rings (SSSR count). The van der Waals surface area contributed by atoms with Gasteiger partial charge in [-0.3, -0.25) is 0 Å². The van der Waals surface area contributed by atoms with Crippen molar-refractivity contribution in [3.05, 3.63) is 28.8 Å². The molecule has 0 saturated carbocycles. The van der Waals surface area contributed by atoms with Crippen LogP contribution in [0.4, 0.5) is 13.2 Å². The molecular weight excluding hydrogens is 223 g/mol. The van der Waals surface area contributed by atoms with Gasteiger partial charge in [0, 0.05) is 0 Å². The number of carbonyl (C=O) groups is 1. The molecule has 0 fully saturated rings. The summed E-state index contributed by atoms with van der Waals surface area (Å²) in [5.74, 6) is -2.00. The molecule has 1 aromatic heterocycles. The second-order valence-corrected chi connectivity index (χ2v) is 3.04. The number of aryl methyl sites for hydroxylation is 1. The van der Waals surface area contributed by atoms with Crippen LogP contribution in [0.2, 0.25) is 0 Å². The van der Waals surface area contributed by atoms with Crippen LogP contribution in [0.15, 0.2) is 6.07 Å². The van der Waals surface area contributed by atoms with E-state index in [9.17, 15) is 18.0 Å². The Kier molecular flexibility index (Phi) is 3.87. The molecule has 6 heteroatoms. The molecular formula is C10H10F3NO2. The Morgan fingerprint density at radius 1 is 1.56 bits per heavy atom. The van der Waals surface area contributed by atoms with E-state index in [1.54, 1.807) is 0 Å². The third kappa shape index (κ3) is 2.50. The van der Waals surface area contributed by atoms with Crippen molar-refractivity contribution in [3.8, 4) is 0 Å². The summed E-state index contributed by atoms with van der Waals surface area (Å²) in [7, 11) is 0. The molecule has 16 heavy (non-hydrogen) atoms. The normalized spacial score (nSPS) is 10.6. The van der Waals surface area contributed by atoms with E-state index in [2.05, 4.69) is 9.72 Å². The average molecular weight is 233 g/mol. The van der Waals surface area contributed by atoms with Gasteiger partial charge in [0.05, 0.1) is 6.61 Å². The molecule has 0 atom stereocenters. The average Bonchev–Trinajstić information content (AvgIpc) is 2.17. The van der Waals surface area contributed by atoms with Crippen LogP contribution in [0, 0.1) is 12.7 Å². The summed E-state index contributed by atoms with van der Waals surface area (Å²) < 4.78 is 42.7. The molecule has 0 bridgehead atoms. The molecule has 0 aromatic carbocycles. The third-order valence-electron chi connectivity index (χ3n) is 1.88. The van der Waals surface area contributed by atoms with E-state index >= 15 is 0 Å². The van der Waals surface area contributed by atoms with Crippen molar-refractivity contribution in [2.24, 2.45) is 0 Å². The molecule has 0 radical (unpaired) electrons. The van der Waals surface area contributed by atoms with Crippen molar-refractivity contribution in [3.63, 3.8) is 0 Å². The van der Waals surface area contributed by atoms with Crippen LogP contribution < -0.4 is 0 Å². The van der Waals surface area contributed by atoms with Crippen LogP contribution in [0.3, 0.4) is 0 Å². The molecule has 1 heterocycles. The predicted molar refractivity (Wildman–Crippen MR) is 49.8 cm³/mol. The van der Waals surface area contributed by atoms with Gasteiger partial charge in [-0.05, 0) is 25.5 Å². The number of esters is 1. The van der Waals surface area contributed by atoms with Gasteiger partial charge < -0.3 is 4.74 Å².